The van der Waals surface area contributed by atoms with Crippen LogP contribution in [-0.2, 0) is 0 Å². The number of rotatable bonds is 3. The summed E-state index contributed by atoms with van der Waals surface area (Å²) in [6.07, 6.45) is 0. The van der Waals surface area contributed by atoms with Crippen molar-refractivity contribution >= 4 is 44.5 Å². The van der Waals surface area contributed by atoms with Gasteiger partial charge in [0.1, 0.15) is 0 Å². The Morgan fingerprint density at radius 3 is 2.50 bits per heavy atom. The Bertz CT molecular complexity index is 757. The molecule has 0 aliphatic carbocycles. The summed E-state index contributed by atoms with van der Waals surface area (Å²) >= 11 is 3.49. The van der Waals surface area contributed by atoms with Crippen LogP contribution in [0, 0.1) is 0 Å². The van der Waals surface area contributed by atoms with Crippen LogP contribution in [0.4, 0.5) is 17.3 Å². The van der Waals surface area contributed by atoms with Gasteiger partial charge in [-0.15, -0.1) is 0 Å². The lowest BCUT2D eigenvalue weighted by molar-refractivity contribution is 0.314. The fourth-order valence-corrected chi connectivity index (χ4v) is 2.10. The molecule has 0 aliphatic heterocycles. The average Bonchev–Trinajstić information content (AvgIpc) is 2.87. The zero-order valence-electron chi connectivity index (χ0n) is 10.8. The van der Waals surface area contributed by atoms with Gasteiger partial charge < -0.3 is 10.2 Å². The molecule has 0 saturated carbocycles. The predicted octanol–water partition coefficient (Wildman–Crippen LogP) is 2.58. The summed E-state index contributed by atoms with van der Waals surface area (Å²) in [5.41, 5.74) is 1.64. The number of hydrogen-bond donors (Lipinski definition) is 1. The Hall–Kier alpha value is -2.22. The first-order valence-electron chi connectivity index (χ1n) is 5.84. The van der Waals surface area contributed by atoms with E-state index in [0.29, 0.717) is 22.9 Å². The van der Waals surface area contributed by atoms with E-state index >= 15 is 0 Å². The number of fused-ring (bicyclic) bond motifs is 1. The molecule has 20 heavy (non-hydrogen) atoms. The Balaban J connectivity index is 2.09. The van der Waals surface area contributed by atoms with Gasteiger partial charge in [0.2, 0.25) is 11.3 Å². The summed E-state index contributed by atoms with van der Waals surface area (Å²) in [4.78, 5) is 10.6. The number of anilines is 3. The molecule has 0 spiro atoms. The minimum atomic E-state index is 0.366. The summed E-state index contributed by atoms with van der Waals surface area (Å²) in [7, 11) is 3.77. The molecule has 8 heteroatoms. The van der Waals surface area contributed by atoms with Crippen molar-refractivity contribution < 1.29 is 4.63 Å². The van der Waals surface area contributed by atoms with Gasteiger partial charge in [-0.2, -0.15) is 0 Å². The summed E-state index contributed by atoms with van der Waals surface area (Å²) in [6, 6.07) is 7.77. The molecule has 3 aromatic rings. The van der Waals surface area contributed by atoms with Crippen molar-refractivity contribution in [1.29, 1.82) is 0 Å². The molecule has 0 aliphatic rings. The largest absolute Gasteiger partial charge is 0.360 e. The number of nitrogens with one attached hydrogen (secondary N) is 1. The number of nitrogens with zero attached hydrogens (tertiary/aromatic N) is 5. The fraction of sp³-hybridized carbons (Fsp3) is 0.167. The molecule has 3 rings (SSSR count). The quantitative estimate of drug-likeness (QED) is 0.788. The lowest BCUT2D eigenvalue weighted by Gasteiger charge is -2.16. The molecular formula is C12H11BrN6O. The van der Waals surface area contributed by atoms with E-state index < -0.39 is 0 Å². The highest BCUT2D eigenvalue weighted by Crippen LogP contribution is 2.29. The van der Waals surface area contributed by atoms with Crippen molar-refractivity contribution in [3.05, 3.63) is 28.7 Å². The van der Waals surface area contributed by atoms with Crippen molar-refractivity contribution in [1.82, 2.24) is 20.3 Å². The fourth-order valence-electron chi connectivity index (χ4n) is 1.72. The van der Waals surface area contributed by atoms with Gasteiger partial charge in [0.15, 0.2) is 11.6 Å². The maximum atomic E-state index is 4.65. The molecule has 7 nitrogen and oxygen atoms in total. The second kappa shape index (κ2) is 5.04. The first kappa shape index (κ1) is 12.8. The van der Waals surface area contributed by atoms with Crippen LogP contribution in [0.15, 0.2) is 33.4 Å². The molecule has 0 radical (unpaired) electrons. The van der Waals surface area contributed by atoms with Crippen LogP contribution in [0.1, 0.15) is 0 Å². The van der Waals surface area contributed by atoms with Gasteiger partial charge in [-0.25, -0.2) is 14.6 Å². The van der Waals surface area contributed by atoms with Gasteiger partial charge in [0.25, 0.3) is 0 Å². The van der Waals surface area contributed by atoms with Gasteiger partial charge >= 0.3 is 0 Å². The van der Waals surface area contributed by atoms with E-state index in [1.165, 1.54) is 0 Å². The van der Waals surface area contributed by atoms with Crippen LogP contribution < -0.4 is 10.2 Å². The molecule has 2 aromatic heterocycles. The van der Waals surface area contributed by atoms with Crippen LogP contribution in [0.25, 0.3) is 11.3 Å². The highest BCUT2D eigenvalue weighted by Gasteiger charge is 2.14. The Kier molecular flexibility index (Phi) is 3.23. The highest BCUT2D eigenvalue weighted by molar-refractivity contribution is 9.10. The summed E-state index contributed by atoms with van der Waals surface area (Å²) in [5.74, 6) is 1.24. The normalized spacial score (nSPS) is 10.8. The van der Waals surface area contributed by atoms with Crippen molar-refractivity contribution in [3.8, 4) is 0 Å². The van der Waals surface area contributed by atoms with Crippen molar-refractivity contribution in [3.63, 3.8) is 0 Å². The SMILES string of the molecule is CN(C)c1nc2nonc2nc1Nc1ccccc1Br. The summed E-state index contributed by atoms with van der Waals surface area (Å²) in [6.45, 7) is 0. The van der Waals surface area contributed by atoms with Crippen molar-refractivity contribution in [2.45, 2.75) is 0 Å². The van der Waals surface area contributed by atoms with E-state index in [4.69, 9.17) is 0 Å². The van der Waals surface area contributed by atoms with Gasteiger partial charge in [0, 0.05) is 18.6 Å². The van der Waals surface area contributed by atoms with E-state index in [2.05, 4.69) is 46.2 Å². The van der Waals surface area contributed by atoms with Crippen LogP contribution in [-0.4, -0.2) is 34.4 Å². The van der Waals surface area contributed by atoms with Gasteiger partial charge in [-0.3, -0.25) is 0 Å². The molecule has 0 saturated heterocycles. The highest BCUT2D eigenvalue weighted by atomic mass is 79.9. The lowest BCUT2D eigenvalue weighted by Crippen LogP contribution is -2.14. The first-order valence-corrected chi connectivity index (χ1v) is 6.63. The molecule has 0 fully saturated rings. The Morgan fingerprint density at radius 2 is 1.80 bits per heavy atom. The third kappa shape index (κ3) is 2.29. The molecule has 2 heterocycles. The minimum absolute atomic E-state index is 0.366. The third-order valence-electron chi connectivity index (χ3n) is 2.65. The van der Waals surface area contributed by atoms with E-state index in [-0.39, 0.29) is 0 Å². The molecular weight excluding hydrogens is 324 g/mol. The molecule has 0 amide bonds. The van der Waals surface area contributed by atoms with Crippen molar-refractivity contribution in [2.24, 2.45) is 0 Å². The van der Waals surface area contributed by atoms with E-state index in [1.54, 1.807) is 0 Å². The summed E-state index contributed by atoms with van der Waals surface area (Å²) in [5, 5.41) is 10.7. The number of halogens is 1. The zero-order chi connectivity index (χ0) is 14.1. The van der Waals surface area contributed by atoms with Gasteiger partial charge in [0.05, 0.1) is 5.69 Å². The second-order valence-electron chi connectivity index (χ2n) is 4.31. The van der Waals surface area contributed by atoms with Gasteiger partial charge in [-0.1, -0.05) is 12.1 Å². The molecule has 0 unspecified atom stereocenters. The number of hydrogen-bond acceptors (Lipinski definition) is 7. The molecule has 1 N–H and O–H groups in total. The lowest BCUT2D eigenvalue weighted by atomic mass is 10.3. The van der Waals surface area contributed by atoms with Crippen LogP contribution in [0.3, 0.4) is 0 Å². The standard InChI is InChI=1S/C12H11BrN6O/c1-19(2)12-11(14-8-6-4-3-5-7(8)13)15-9-10(16-12)18-20-17-9/h3-6H,1-2H3,(H,14,15,17). The van der Waals surface area contributed by atoms with E-state index in [9.17, 15) is 0 Å². The number of para-hydroxylation sites is 1. The monoisotopic (exact) mass is 334 g/mol. The number of aromatic nitrogens is 4. The van der Waals surface area contributed by atoms with Crippen LogP contribution >= 0.6 is 15.9 Å². The maximum Gasteiger partial charge on any atom is 0.245 e. The van der Waals surface area contributed by atoms with E-state index in [0.717, 1.165) is 10.2 Å². The topological polar surface area (TPSA) is 80.0 Å². The predicted molar refractivity (Wildman–Crippen MR) is 79.1 cm³/mol. The second-order valence-corrected chi connectivity index (χ2v) is 5.16. The molecule has 1 aromatic carbocycles. The third-order valence-corrected chi connectivity index (χ3v) is 3.34. The van der Waals surface area contributed by atoms with E-state index in [1.807, 2.05) is 43.3 Å². The average molecular weight is 335 g/mol. The maximum absolute atomic E-state index is 4.65. The van der Waals surface area contributed by atoms with Crippen LogP contribution in [0.2, 0.25) is 0 Å². The van der Waals surface area contributed by atoms with Crippen LogP contribution in [0.5, 0.6) is 0 Å². The Morgan fingerprint density at radius 1 is 1.10 bits per heavy atom. The van der Waals surface area contributed by atoms with Crippen molar-refractivity contribution in [2.75, 3.05) is 24.3 Å². The molecule has 102 valence electrons. The smallest absolute Gasteiger partial charge is 0.245 e. The zero-order valence-corrected chi connectivity index (χ0v) is 12.4. The molecule has 0 bridgehead atoms. The Labute approximate surface area is 123 Å². The van der Waals surface area contributed by atoms with Gasteiger partial charge in [-0.05, 0) is 38.4 Å². The first-order chi connectivity index (χ1) is 9.65. The number of benzene rings is 1. The summed E-state index contributed by atoms with van der Waals surface area (Å²) < 4.78 is 5.58. The molecule has 0 atom stereocenters. The minimum Gasteiger partial charge on any atom is -0.360 e.